The number of ether oxygens (including phenoxy) is 1. The molecule has 0 amide bonds. The van der Waals surface area contributed by atoms with E-state index in [0.717, 1.165) is 25.7 Å². The Balaban J connectivity index is 1.73. The molecule has 2 aliphatic carbocycles. The van der Waals surface area contributed by atoms with Gasteiger partial charge in [0, 0.05) is 18.3 Å². The maximum absolute atomic E-state index is 11.9. The minimum atomic E-state index is -0.252. The van der Waals surface area contributed by atoms with Crippen molar-refractivity contribution in [3.05, 3.63) is 17.7 Å². The Hall–Kier alpha value is -1.36. The largest absolute Gasteiger partial charge is 0.468 e. The SMILES string of the molecule is COC(=O)C(Cn1cnc2c1CCCC2)NC1CC1. The van der Waals surface area contributed by atoms with Crippen molar-refractivity contribution in [1.29, 1.82) is 0 Å². The van der Waals surface area contributed by atoms with Crippen LogP contribution in [0.25, 0.3) is 0 Å². The smallest absolute Gasteiger partial charge is 0.324 e. The average molecular weight is 263 g/mol. The number of carbonyl (C=O) groups is 1. The highest BCUT2D eigenvalue weighted by molar-refractivity contribution is 5.75. The zero-order valence-corrected chi connectivity index (χ0v) is 11.4. The molecular formula is C14H21N3O2. The van der Waals surface area contributed by atoms with Crippen molar-refractivity contribution in [2.45, 2.75) is 57.2 Å². The molecule has 1 N–H and O–H groups in total. The van der Waals surface area contributed by atoms with Crippen molar-refractivity contribution in [2.24, 2.45) is 0 Å². The van der Waals surface area contributed by atoms with Crippen molar-refractivity contribution in [2.75, 3.05) is 7.11 Å². The number of hydrogen-bond acceptors (Lipinski definition) is 4. The van der Waals surface area contributed by atoms with E-state index >= 15 is 0 Å². The normalized spacial score (nSPS) is 19.8. The Morgan fingerprint density at radius 1 is 1.53 bits per heavy atom. The average Bonchev–Trinajstić information content (AvgIpc) is 3.17. The summed E-state index contributed by atoms with van der Waals surface area (Å²) < 4.78 is 7.03. The van der Waals surface area contributed by atoms with Gasteiger partial charge in [0.1, 0.15) is 6.04 Å². The fraction of sp³-hybridized carbons (Fsp3) is 0.714. The first-order valence-corrected chi connectivity index (χ1v) is 7.14. The molecule has 104 valence electrons. The molecule has 1 unspecified atom stereocenters. The predicted molar refractivity (Wildman–Crippen MR) is 70.8 cm³/mol. The van der Waals surface area contributed by atoms with E-state index in [0.29, 0.717) is 12.6 Å². The van der Waals surface area contributed by atoms with Gasteiger partial charge in [0.2, 0.25) is 0 Å². The van der Waals surface area contributed by atoms with Crippen LogP contribution in [0.1, 0.15) is 37.1 Å². The topological polar surface area (TPSA) is 56.2 Å². The quantitative estimate of drug-likeness (QED) is 0.807. The van der Waals surface area contributed by atoms with Crippen molar-refractivity contribution in [3.8, 4) is 0 Å². The molecule has 3 rings (SSSR count). The molecule has 0 bridgehead atoms. The number of esters is 1. The Labute approximate surface area is 113 Å². The minimum absolute atomic E-state index is 0.176. The summed E-state index contributed by atoms with van der Waals surface area (Å²) in [6.45, 7) is 0.630. The second-order valence-corrected chi connectivity index (χ2v) is 5.51. The molecule has 0 aromatic carbocycles. The lowest BCUT2D eigenvalue weighted by Gasteiger charge is -2.19. The summed E-state index contributed by atoms with van der Waals surface area (Å²) in [6, 6.07) is 0.237. The van der Waals surface area contributed by atoms with Crippen molar-refractivity contribution < 1.29 is 9.53 Å². The maximum Gasteiger partial charge on any atom is 0.324 e. The van der Waals surface area contributed by atoms with Gasteiger partial charge in [-0.1, -0.05) is 0 Å². The van der Waals surface area contributed by atoms with Gasteiger partial charge in [-0.05, 0) is 38.5 Å². The molecule has 5 nitrogen and oxygen atoms in total. The lowest BCUT2D eigenvalue weighted by atomic mass is 10.0. The summed E-state index contributed by atoms with van der Waals surface area (Å²) in [4.78, 5) is 16.3. The van der Waals surface area contributed by atoms with Crippen LogP contribution in [-0.4, -0.2) is 34.7 Å². The van der Waals surface area contributed by atoms with E-state index in [9.17, 15) is 4.79 Å². The lowest BCUT2D eigenvalue weighted by molar-refractivity contribution is -0.143. The van der Waals surface area contributed by atoms with Gasteiger partial charge in [0.25, 0.3) is 0 Å². The molecule has 1 heterocycles. The maximum atomic E-state index is 11.9. The van der Waals surface area contributed by atoms with Gasteiger partial charge in [-0.2, -0.15) is 0 Å². The fourth-order valence-electron chi connectivity index (χ4n) is 2.76. The van der Waals surface area contributed by atoms with Crippen LogP contribution in [0, 0.1) is 0 Å². The molecule has 1 atom stereocenters. The zero-order valence-electron chi connectivity index (χ0n) is 11.4. The number of aryl methyl sites for hydroxylation is 1. The van der Waals surface area contributed by atoms with E-state index in [2.05, 4.69) is 14.9 Å². The highest BCUT2D eigenvalue weighted by Crippen LogP contribution is 2.22. The van der Waals surface area contributed by atoms with Crippen molar-refractivity contribution >= 4 is 5.97 Å². The molecular weight excluding hydrogens is 242 g/mol. The third-order valence-corrected chi connectivity index (χ3v) is 3.99. The van der Waals surface area contributed by atoms with Gasteiger partial charge >= 0.3 is 5.97 Å². The second-order valence-electron chi connectivity index (χ2n) is 5.51. The van der Waals surface area contributed by atoms with Gasteiger partial charge in [-0.25, -0.2) is 4.98 Å². The van der Waals surface area contributed by atoms with Gasteiger partial charge in [0.15, 0.2) is 0 Å². The molecule has 0 aliphatic heterocycles. The van der Waals surface area contributed by atoms with E-state index in [-0.39, 0.29) is 12.0 Å². The molecule has 0 spiro atoms. The highest BCUT2D eigenvalue weighted by Gasteiger charge is 2.30. The predicted octanol–water partition coefficient (Wildman–Crippen LogP) is 1.06. The molecule has 0 saturated heterocycles. The molecule has 2 aliphatic rings. The second kappa shape index (κ2) is 5.33. The number of rotatable bonds is 5. The van der Waals surface area contributed by atoms with E-state index in [1.54, 1.807) is 0 Å². The van der Waals surface area contributed by atoms with Gasteiger partial charge in [-0.3, -0.25) is 4.79 Å². The number of aromatic nitrogens is 2. The molecule has 5 heteroatoms. The van der Waals surface area contributed by atoms with E-state index < -0.39 is 0 Å². The summed E-state index contributed by atoms with van der Waals surface area (Å²) in [5.41, 5.74) is 2.51. The minimum Gasteiger partial charge on any atom is -0.468 e. The number of methoxy groups -OCH3 is 1. The van der Waals surface area contributed by atoms with Gasteiger partial charge in [0.05, 0.1) is 19.1 Å². The van der Waals surface area contributed by atoms with Crippen LogP contribution < -0.4 is 5.32 Å². The number of nitrogens with one attached hydrogen (secondary N) is 1. The Morgan fingerprint density at radius 3 is 3.05 bits per heavy atom. The molecule has 19 heavy (non-hydrogen) atoms. The summed E-state index contributed by atoms with van der Waals surface area (Å²) in [5, 5.41) is 3.36. The summed E-state index contributed by atoms with van der Waals surface area (Å²) in [6.07, 6.45) is 8.79. The van der Waals surface area contributed by atoms with Crippen molar-refractivity contribution in [3.63, 3.8) is 0 Å². The van der Waals surface area contributed by atoms with Crippen LogP contribution in [0.5, 0.6) is 0 Å². The monoisotopic (exact) mass is 263 g/mol. The third kappa shape index (κ3) is 2.81. The van der Waals surface area contributed by atoms with E-state index in [4.69, 9.17) is 4.74 Å². The highest BCUT2D eigenvalue weighted by atomic mass is 16.5. The van der Waals surface area contributed by atoms with Gasteiger partial charge < -0.3 is 14.6 Å². The standard InChI is InChI=1S/C14H21N3O2/c1-19-14(18)12(16-10-6-7-10)8-17-9-15-11-4-2-3-5-13(11)17/h9-10,12,16H,2-8H2,1H3. The number of nitrogens with zero attached hydrogens (tertiary/aromatic N) is 2. The molecule has 1 aromatic heterocycles. The summed E-state index contributed by atoms with van der Waals surface area (Å²) in [7, 11) is 1.45. The molecule has 1 fully saturated rings. The Kier molecular flexibility index (Phi) is 3.55. The number of fused-ring (bicyclic) bond motifs is 1. The zero-order chi connectivity index (χ0) is 13.2. The van der Waals surface area contributed by atoms with Crippen LogP contribution in [-0.2, 0) is 28.9 Å². The van der Waals surface area contributed by atoms with E-state index in [1.807, 2.05) is 6.33 Å². The van der Waals surface area contributed by atoms with Crippen LogP contribution in [0.15, 0.2) is 6.33 Å². The van der Waals surface area contributed by atoms with Crippen LogP contribution in [0.2, 0.25) is 0 Å². The van der Waals surface area contributed by atoms with Gasteiger partial charge in [-0.15, -0.1) is 0 Å². The summed E-state index contributed by atoms with van der Waals surface area (Å²) >= 11 is 0. The molecule has 0 radical (unpaired) electrons. The Bertz CT molecular complexity index is 465. The first-order chi connectivity index (χ1) is 9.28. The fourth-order valence-corrected chi connectivity index (χ4v) is 2.76. The number of hydrogen-bond donors (Lipinski definition) is 1. The third-order valence-electron chi connectivity index (χ3n) is 3.99. The van der Waals surface area contributed by atoms with Crippen LogP contribution in [0.4, 0.5) is 0 Å². The summed E-state index contributed by atoms with van der Waals surface area (Å²) in [5.74, 6) is -0.176. The number of imidazole rings is 1. The van der Waals surface area contributed by atoms with Crippen LogP contribution >= 0.6 is 0 Å². The lowest BCUT2D eigenvalue weighted by Crippen LogP contribution is -2.42. The molecule has 1 aromatic rings. The van der Waals surface area contributed by atoms with Crippen LogP contribution in [0.3, 0.4) is 0 Å². The first kappa shape index (κ1) is 12.7. The first-order valence-electron chi connectivity index (χ1n) is 7.14. The van der Waals surface area contributed by atoms with E-state index in [1.165, 1.54) is 31.3 Å². The molecule has 1 saturated carbocycles. The Morgan fingerprint density at radius 2 is 2.32 bits per heavy atom. The van der Waals surface area contributed by atoms with Crippen molar-refractivity contribution in [1.82, 2.24) is 14.9 Å². The number of carbonyl (C=O) groups excluding carboxylic acids is 1.